The molecule has 0 aromatic carbocycles. The zero-order valence-corrected chi connectivity index (χ0v) is 7.17. The van der Waals surface area contributed by atoms with Crippen LogP contribution >= 0.6 is 0 Å². The van der Waals surface area contributed by atoms with Gasteiger partial charge in [-0.2, -0.15) is 5.01 Å². The van der Waals surface area contributed by atoms with Crippen molar-refractivity contribution >= 4 is 5.91 Å². The van der Waals surface area contributed by atoms with Crippen LogP contribution in [0.25, 0.3) is 0 Å². The molecule has 0 spiro atoms. The molecule has 0 unspecified atom stereocenters. The van der Waals surface area contributed by atoms with Gasteiger partial charge in [-0.25, -0.2) is 0 Å². The van der Waals surface area contributed by atoms with Crippen molar-refractivity contribution in [2.75, 3.05) is 0 Å². The van der Waals surface area contributed by atoms with Crippen molar-refractivity contribution in [1.29, 1.82) is 0 Å². The Balaban J connectivity index is 2.67. The number of nitroso groups, excluding NO2 is 1. The van der Waals surface area contributed by atoms with E-state index in [1.807, 2.05) is 0 Å². The highest BCUT2D eigenvalue weighted by atomic mass is 16.3. The van der Waals surface area contributed by atoms with E-state index in [2.05, 4.69) is 10.3 Å². The second-order valence-corrected chi connectivity index (χ2v) is 2.51. The van der Waals surface area contributed by atoms with Gasteiger partial charge in [-0.15, -0.1) is 4.91 Å². The van der Waals surface area contributed by atoms with Gasteiger partial charge in [-0.05, 0) is 17.7 Å². The van der Waals surface area contributed by atoms with Crippen LogP contribution in [0, 0.1) is 4.91 Å². The summed E-state index contributed by atoms with van der Waals surface area (Å²) in [4.78, 5) is 24.8. The van der Waals surface area contributed by atoms with Crippen LogP contribution in [0.1, 0.15) is 12.5 Å². The zero-order chi connectivity index (χ0) is 9.68. The lowest BCUT2D eigenvalue weighted by Gasteiger charge is -2.09. The second-order valence-electron chi connectivity index (χ2n) is 2.51. The number of hydrogen-bond donors (Lipinski definition) is 0. The van der Waals surface area contributed by atoms with Crippen LogP contribution in [-0.4, -0.2) is 15.9 Å². The number of carbonyl (C=O) groups is 1. The smallest absolute Gasteiger partial charge is 0.242 e. The Morgan fingerprint density at radius 1 is 1.54 bits per heavy atom. The first-order chi connectivity index (χ1) is 6.24. The largest absolute Gasteiger partial charge is 0.273 e. The fourth-order valence-corrected chi connectivity index (χ4v) is 0.859. The first kappa shape index (κ1) is 9.31. The van der Waals surface area contributed by atoms with Crippen molar-refractivity contribution in [2.45, 2.75) is 13.5 Å². The molecule has 68 valence electrons. The minimum absolute atomic E-state index is 0.196. The van der Waals surface area contributed by atoms with Gasteiger partial charge in [0.15, 0.2) is 0 Å². The Morgan fingerprint density at radius 3 is 2.62 bits per heavy atom. The van der Waals surface area contributed by atoms with E-state index in [0.29, 0.717) is 0 Å². The highest BCUT2D eigenvalue weighted by molar-refractivity contribution is 5.72. The fourth-order valence-electron chi connectivity index (χ4n) is 0.859. The molecule has 1 aromatic rings. The van der Waals surface area contributed by atoms with Gasteiger partial charge >= 0.3 is 0 Å². The predicted molar refractivity (Wildman–Crippen MR) is 46.3 cm³/mol. The number of rotatable bonds is 3. The number of carbonyl (C=O) groups excluding carboxylic acids is 1. The van der Waals surface area contributed by atoms with Crippen LogP contribution in [0.15, 0.2) is 29.8 Å². The molecule has 1 heterocycles. The minimum Gasteiger partial charge on any atom is -0.273 e. The number of pyridine rings is 1. The SMILES string of the molecule is CC(=O)N(Cc1ccncc1)N=O. The molecule has 13 heavy (non-hydrogen) atoms. The molecular formula is C8H9N3O2. The molecule has 1 rings (SSSR count). The number of nitrogens with zero attached hydrogens (tertiary/aromatic N) is 3. The first-order valence-corrected chi connectivity index (χ1v) is 3.74. The molecule has 5 heteroatoms. The van der Waals surface area contributed by atoms with Gasteiger partial charge in [-0.1, -0.05) is 0 Å². The molecule has 0 aliphatic rings. The van der Waals surface area contributed by atoms with Crippen molar-refractivity contribution in [2.24, 2.45) is 5.29 Å². The highest BCUT2D eigenvalue weighted by Gasteiger charge is 2.08. The van der Waals surface area contributed by atoms with Crippen molar-refractivity contribution in [1.82, 2.24) is 9.99 Å². The molecule has 0 aliphatic heterocycles. The maximum Gasteiger partial charge on any atom is 0.242 e. The number of hydrogen-bond acceptors (Lipinski definition) is 4. The molecule has 0 bridgehead atoms. The third-order valence-corrected chi connectivity index (χ3v) is 1.54. The summed E-state index contributed by atoms with van der Waals surface area (Å²) in [6.45, 7) is 1.49. The van der Waals surface area contributed by atoms with E-state index >= 15 is 0 Å². The van der Waals surface area contributed by atoms with Gasteiger partial charge in [0.1, 0.15) is 0 Å². The summed E-state index contributed by atoms with van der Waals surface area (Å²) >= 11 is 0. The van der Waals surface area contributed by atoms with Gasteiger partial charge in [-0.3, -0.25) is 9.78 Å². The van der Waals surface area contributed by atoms with Crippen LogP contribution in [0.5, 0.6) is 0 Å². The molecule has 0 saturated heterocycles. The van der Waals surface area contributed by atoms with Crippen LogP contribution < -0.4 is 0 Å². The summed E-state index contributed by atoms with van der Waals surface area (Å²) in [5, 5.41) is 3.45. The first-order valence-electron chi connectivity index (χ1n) is 3.74. The van der Waals surface area contributed by atoms with E-state index in [9.17, 15) is 9.70 Å². The quantitative estimate of drug-likeness (QED) is 0.515. The second kappa shape index (κ2) is 4.30. The van der Waals surface area contributed by atoms with E-state index in [1.165, 1.54) is 6.92 Å². The summed E-state index contributed by atoms with van der Waals surface area (Å²) < 4.78 is 0. The topological polar surface area (TPSA) is 62.6 Å². The van der Waals surface area contributed by atoms with Crippen LogP contribution in [0.3, 0.4) is 0 Å². The van der Waals surface area contributed by atoms with Crippen LogP contribution in [0.2, 0.25) is 0 Å². The van der Waals surface area contributed by atoms with E-state index in [0.717, 1.165) is 10.6 Å². The predicted octanol–water partition coefficient (Wildman–Crippen LogP) is 1.11. The summed E-state index contributed by atoms with van der Waals surface area (Å²) in [7, 11) is 0. The molecule has 0 saturated carbocycles. The minimum atomic E-state index is -0.369. The van der Waals surface area contributed by atoms with Crippen molar-refractivity contribution in [3.05, 3.63) is 35.0 Å². The Kier molecular flexibility index (Phi) is 3.08. The van der Waals surface area contributed by atoms with Crippen LogP contribution in [-0.2, 0) is 11.3 Å². The Bertz CT molecular complexity index is 300. The summed E-state index contributed by atoms with van der Waals surface area (Å²) in [6.07, 6.45) is 3.19. The third kappa shape index (κ3) is 2.62. The van der Waals surface area contributed by atoms with Crippen LogP contribution in [0.4, 0.5) is 0 Å². The summed E-state index contributed by atoms with van der Waals surface area (Å²) in [5.41, 5.74) is 0.824. The molecule has 5 nitrogen and oxygen atoms in total. The molecule has 0 fully saturated rings. The molecule has 0 aliphatic carbocycles. The van der Waals surface area contributed by atoms with Gasteiger partial charge in [0.25, 0.3) is 0 Å². The average Bonchev–Trinajstić information content (AvgIpc) is 2.15. The standard InChI is InChI=1S/C8H9N3O2/c1-7(12)11(10-13)6-8-2-4-9-5-3-8/h2-5H,6H2,1H3. The van der Waals surface area contributed by atoms with E-state index in [4.69, 9.17) is 0 Å². The highest BCUT2D eigenvalue weighted by Crippen LogP contribution is 2.03. The van der Waals surface area contributed by atoms with Crippen molar-refractivity contribution < 1.29 is 4.79 Å². The Morgan fingerprint density at radius 2 is 2.15 bits per heavy atom. The molecular weight excluding hydrogens is 170 g/mol. The third-order valence-electron chi connectivity index (χ3n) is 1.54. The molecule has 0 radical (unpaired) electrons. The molecule has 0 atom stereocenters. The lowest BCUT2D eigenvalue weighted by Crippen LogP contribution is -2.21. The van der Waals surface area contributed by atoms with E-state index < -0.39 is 0 Å². The normalized spacial score (nSPS) is 9.31. The van der Waals surface area contributed by atoms with Gasteiger partial charge in [0.05, 0.1) is 11.8 Å². The van der Waals surface area contributed by atoms with E-state index in [-0.39, 0.29) is 12.5 Å². The Hall–Kier alpha value is -1.78. The Labute approximate surface area is 75.3 Å². The van der Waals surface area contributed by atoms with Crippen molar-refractivity contribution in [3.63, 3.8) is 0 Å². The lowest BCUT2D eigenvalue weighted by atomic mass is 10.2. The summed E-state index contributed by atoms with van der Waals surface area (Å²) in [6, 6.07) is 3.45. The van der Waals surface area contributed by atoms with Gasteiger partial charge < -0.3 is 0 Å². The maximum absolute atomic E-state index is 10.8. The maximum atomic E-state index is 10.8. The molecule has 1 aromatic heterocycles. The average molecular weight is 179 g/mol. The lowest BCUT2D eigenvalue weighted by molar-refractivity contribution is -0.129. The van der Waals surface area contributed by atoms with Crippen molar-refractivity contribution in [3.8, 4) is 0 Å². The number of amides is 1. The zero-order valence-electron chi connectivity index (χ0n) is 7.17. The fraction of sp³-hybridized carbons (Fsp3) is 0.250. The van der Waals surface area contributed by atoms with E-state index in [1.54, 1.807) is 24.5 Å². The molecule has 1 amide bonds. The van der Waals surface area contributed by atoms with Gasteiger partial charge in [0, 0.05) is 19.3 Å². The summed E-state index contributed by atoms with van der Waals surface area (Å²) in [5.74, 6) is -0.369. The molecule has 0 N–H and O–H groups in total. The monoisotopic (exact) mass is 179 g/mol. The number of aromatic nitrogens is 1. The van der Waals surface area contributed by atoms with Gasteiger partial charge in [0.2, 0.25) is 5.91 Å².